The standard InChI is InChI=1S/C12H16FN/c1-7-4-5-9(13)8(6-7)10-11(14)12(10,2)3/h4-6,10-11H,14H2,1-3H3/t10-,11-/m1/s1. The van der Waals surface area contributed by atoms with Crippen molar-refractivity contribution < 1.29 is 4.39 Å². The van der Waals surface area contributed by atoms with Gasteiger partial charge in [0.05, 0.1) is 0 Å². The van der Waals surface area contributed by atoms with Crippen LogP contribution in [0, 0.1) is 18.2 Å². The molecule has 0 bridgehead atoms. The van der Waals surface area contributed by atoms with E-state index in [1.54, 1.807) is 6.07 Å². The van der Waals surface area contributed by atoms with E-state index in [1.165, 1.54) is 6.07 Å². The molecule has 1 nitrogen and oxygen atoms in total. The van der Waals surface area contributed by atoms with Gasteiger partial charge in [0.25, 0.3) is 0 Å². The Bertz CT molecular complexity index is 371. The van der Waals surface area contributed by atoms with Crippen molar-refractivity contribution in [1.82, 2.24) is 0 Å². The molecule has 76 valence electrons. The smallest absolute Gasteiger partial charge is 0.126 e. The van der Waals surface area contributed by atoms with Crippen molar-refractivity contribution in [3.05, 3.63) is 35.1 Å². The fourth-order valence-corrected chi connectivity index (χ4v) is 2.17. The van der Waals surface area contributed by atoms with Gasteiger partial charge in [-0.1, -0.05) is 31.5 Å². The molecule has 1 aromatic rings. The summed E-state index contributed by atoms with van der Waals surface area (Å²) in [5, 5.41) is 0. The van der Waals surface area contributed by atoms with E-state index in [-0.39, 0.29) is 23.2 Å². The highest BCUT2D eigenvalue weighted by Crippen LogP contribution is 2.57. The molecule has 0 amide bonds. The maximum Gasteiger partial charge on any atom is 0.126 e. The molecule has 2 heteroatoms. The van der Waals surface area contributed by atoms with Crippen molar-refractivity contribution in [2.75, 3.05) is 0 Å². The molecule has 0 aromatic heterocycles. The SMILES string of the molecule is Cc1ccc(F)c([C@@H]2[C@@H](N)C2(C)C)c1. The zero-order valence-corrected chi connectivity index (χ0v) is 8.84. The van der Waals surface area contributed by atoms with Crippen LogP contribution in [-0.4, -0.2) is 6.04 Å². The van der Waals surface area contributed by atoms with Gasteiger partial charge in [0.2, 0.25) is 0 Å². The third kappa shape index (κ3) is 1.25. The lowest BCUT2D eigenvalue weighted by Crippen LogP contribution is -2.06. The Morgan fingerprint density at radius 2 is 1.93 bits per heavy atom. The van der Waals surface area contributed by atoms with Gasteiger partial charge in [-0.2, -0.15) is 0 Å². The summed E-state index contributed by atoms with van der Waals surface area (Å²) < 4.78 is 13.5. The van der Waals surface area contributed by atoms with Gasteiger partial charge in [-0.15, -0.1) is 0 Å². The summed E-state index contributed by atoms with van der Waals surface area (Å²) in [6, 6.07) is 5.33. The van der Waals surface area contributed by atoms with Gasteiger partial charge < -0.3 is 5.73 Å². The summed E-state index contributed by atoms with van der Waals surface area (Å²) in [6.45, 7) is 6.15. The number of nitrogens with two attached hydrogens (primary N) is 1. The Kier molecular flexibility index (Phi) is 1.93. The maximum atomic E-state index is 13.5. The minimum atomic E-state index is -0.123. The van der Waals surface area contributed by atoms with Gasteiger partial charge in [0, 0.05) is 12.0 Å². The molecule has 14 heavy (non-hydrogen) atoms. The minimum absolute atomic E-state index is 0.0502. The molecule has 0 unspecified atom stereocenters. The van der Waals surface area contributed by atoms with Crippen LogP contribution in [0.15, 0.2) is 18.2 Å². The van der Waals surface area contributed by atoms with Gasteiger partial charge in [-0.25, -0.2) is 4.39 Å². The van der Waals surface area contributed by atoms with Crippen molar-refractivity contribution in [2.24, 2.45) is 11.1 Å². The first-order chi connectivity index (χ1) is 6.44. The second-order valence-corrected chi connectivity index (χ2v) is 4.85. The highest BCUT2D eigenvalue weighted by molar-refractivity contribution is 5.37. The van der Waals surface area contributed by atoms with E-state index in [1.807, 2.05) is 13.0 Å². The van der Waals surface area contributed by atoms with E-state index >= 15 is 0 Å². The molecule has 1 aromatic carbocycles. The molecule has 0 aliphatic heterocycles. The molecule has 0 heterocycles. The second kappa shape index (κ2) is 2.80. The van der Waals surface area contributed by atoms with E-state index in [0.29, 0.717) is 0 Å². The van der Waals surface area contributed by atoms with Crippen LogP contribution in [0.2, 0.25) is 0 Å². The fourth-order valence-electron chi connectivity index (χ4n) is 2.17. The molecule has 0 spiro atoms. The normalized spacial score (nSPS) is 28.9. The Morgan fingerprint density at radius 3 is 2.43 bits per heavy atom. The van der Waals surface area contributed by atoms with Crippen LogP contribution in [0.4, 0.5) is 4.39 Å². The first kappa shape index (κ1) is 9.66. The maximum absolute atomic E-state index is 13.5. The van der Waals surface area contributed by atoms with Gasteiger partial charge in [0.1, 0.15) is 5.82 Å². The third-order valence-electron chi connectivity index (χ3n) is 3.40. The summed E-state index contributed by atoms with van der Waals surface area (Å²) in [5.41, 5.74) is 7.85. The second-order valence-electron chi connectivity index (χ2n) is 4.85. The quantitative estimate of drug-likeness (QED) is 0.729. The van der Waals surface area contributed by atoms with Gasteiger partial charge in [-0.3, -0.25) is 0 Å². The molecule has 1 aliphatic rings. The molecular weight excluding hydrogens is 177 g/mol. The molecule has 1 aliphatic carbocycles. The number of halogens is 1. The predicted octanol–water partition coefficient (Wildman–Crippen LogP) is 2.58. The number of benzene rings is 1. The summed E-state index contributed by atoms with van der Waals surface area (Å²) >= 11 is 0. The lowest BCUT2D eigenvalue weighted by molar-refractivity contribution is 0.571. The van der Waals surface area contributed by atoms with Crippen LogP contribution in [0.3, 0.4) is 0 Å². The molecule has 1 fully saturated rings. The lowest BCUT2D eigenvalue weighted by Gasteiger charge is -2.05. The van der Waals surface area contributed by atoms with E-state index < -0.39 is 0 Å². The highest BCUT2D eigenvalue weighted by Gasteiger charge is 2.56. The van der Waals surface area contributed by atoms with Gasteiger partial charge in [-0.05, 0) is 24.0 Å². The van der Waals surface area contributed by atoms with Crippen molar-refractivity contribution >= 4 is 0 Å². The molecular formula is C12H16FN. The minimum Gasteiger partial charge on any atom is -0.327 e. The third-order valence-corrected chi connectivity index (χ3v) is 3.40. The predicted molar refractivity (Wildman–Crippen MR) is 55.6 cm³/mol. The largest absolute Gasteiger partial charge is 0.327 e. The number of rotatable bonds is 1. The molecule has 1 saturated carbocycles. The van der Waals surface area contributed by atoms with Crippen molar-refractivity contribution in [2.45, 2.75) is 32.7 Å². The topological polar surface area (TPSA) is 26.0 Å². The van der Waals surface area contributed by atoms with Crippen LogP contribution in [0.5, 0.6) is 0 Å². The first-order valence-corrected chi connectivity index (χ1v) is 4.96. The number of hydrogen-bond donors (Lipinski definition) is 1. The van der Waals surface area contributed by atoms with Crippen LogP contribution in [0.1, 0.15) is 30.9 Å². The van der Waals surface area contributed by atoms with Crippen LogP contribution < -0.4 is 5.73 Å². The Morgan fingerprint density at radius 1 is 1.36 bits per heavy atom. The molecule has 0 radical (unpaired) electrons. The summed E-state index contributed by atoms with van der Waals surface area (Å²) in [5.74, 6) is 0.0593. The highest BCUT2D eigenvalue weighted by atomic mass is 19.1. The zero-order chi connectivity index (χ0) is 10.5. The molecule has 2 N–H and O–H groups in total. The van der Waals surface area contributed by atoms with E-state index in [9.17, 15) is 4.39 Å². The van der Waals surface area contributed by atoms with Gasteiger partial charge >= 0.3 is 0 Å². The first-order valence-electron chi connectivity index (χ1n) is 4.96. The molecule has 2 rings (SSSR count). The summed E-state index contributed by atoms with van der Waals surface area (Å²) in [4.78, 5) is 0. The molecule has 2 atom stereocenters. The Labute approximate surface area is 84.1 Å². The van der Waals surface area contributed by atoms with Crippen LogP contribution >= 0.6 is 0 Å². The van der Waals surface area contributed by atoms with Crippen LogP contribution in [0.25, 0.3) is 0 Å². The van der Waals surface area contributed by atoms with Gasteiger partial charge in [0.15, 0.2) is 0 Å². The average molecular weight is 193 g/mol. The average Bonchev–Trinajstić information content (AvgIpc) is 2.58. The fraction of sp³-hybridized carbons (Fsp3) is 0.500. The molecule has 0 saturated heterocycles. The monoisotopic (exact) mass is 193 g/mol. The Hall–Kier alpha value is -0.890. The summed E-state index contributed by atoms with van der Waals surface area (Å²) in [7, 11) is 0. The van der Waals surface area contributed by atoms with Crippen LogP contribution in [-0.2, 0) is 0 Å². The van der Waals surface area contributed by atoms with Crippen molar-refractivity contribution in [3.8, 4) is 0 Å². The summed E-state index contributed by atoms with van der Waals surface area (Å²) in [6.07, 6.45) is 0. The van der Waals surface area contributed by atoms with E-state index in [2.05, 4.69) is 13.8 Å². The number of hydrogen-bond acceptors (Lipinski definition) is 1. The van der Waals surface area contributed by atoms with Crippen molar-refractivity contribution in [3.63, 3.8) is 0 Å². The van der Waals surface area contributed by atoms with E-state index in [4.69, 9.17) is 5.73 Å². The number of aryl methyl sites for hydroxylation is 1. The zero-order valence-electron chi connectivity index (χ0n) is 8.84. The Balaban J connectivity index is 2.39. The lowest BCUT2D eigenvalue weighted by atomic mass is 10.0. The van der Waals surface area contributed by atoms with Crippen molar-refractivity contribution in [1.29, 1.82) is 0 Å². The van der Waals surface area contributed by atoms with E-state index in [0.717, 1.165) is 11.1 Å².